The Hall–Kier alpha value is -1.35. The quantitative estimate of drug-likeness (QED) is 0.684. The van der Waals surface area contributed by atoms with E-state index in [1.807, 2.05) is 6.92 Å². The minimum atomic E-state index is -4.76. The lowest BCUT2D eigenvalue weighted by molar-refractivity contribution is -0.274. The Labute approximate surface area is 169 Å². The predicted octanol–water partition coefficient (Wildman–Crippen LogP) is 4.40. The molecule has 1 aromatic heterocycles. The summed E-state index contributed by atoms with van der Waals surface area (Å²) in [6.45, 7) is 3.17. The average Bonchev–Trinajstić information content (AvgIpc) is 2.53. The number of alkyl halides is 3. The molecule has 0 aliphatic carbocycles. The summed E-state index contributed by atoms with van der Waals surface area (Å²) in [5, 5.41) is 15.0. The van der Waals surface area contributed by atoms with Crippen molar-refractivity contribution in [2.45, 2.75) is 25.3 Å². The van der Waals surface area contributed by atoms with E-state index in [0.29, 0.717) is 35.1 Å². The van der Waals surface area contributed by atoms with Crippen LogP contribution in [-0.4, -0.2) is 29.5 Å². The van der Waals surface area contributed by atoms with Gasteiger partial charge in [-0.2, -0.15) is 0 Å². The molecule has 0 spiro atoms. The van der Waals surface area contributed by atoms with Gasteiger partial charge < -0.3 is 15.2 Å². The van der Waals surface area contributed by atoms with E-state index in [1.165, 1.54) is 24.3 Å². The lowest BCUT2D eigenvalue weighted by Crippen LogP contribution is -2.64. The zero-order valence-electron chi connectivity index (χ0n) is 14.4. The van der Waals surface area contributed by atoms with Gasteiger partial charge in [-0.25, -0.2) is 0 Å². The Morgan fingerprint density at radius 1 is 1.19 bits per heavy atom. The van der Waals surface area contributed by atoms with Crippen molar-refractivity contribution >= 4 is 28.3 Å². The van der Waals surface area contributed by atoms with Crippen LogP contribution in [0.25, 0.3) is 0 Å². The molecule has 3 rings (SSSR count). The number of pyridine rings is 1. The third kappa shape index (κ3) is 4.08. The van der Waals surface area contributed by atoms with E-state index in [0.717, 1.165) is 0 Å². The molecule has 0 amide bonds. The first-order chi connectivity index (χ1) is 12.2. The monoisotopic (exact) mass is 466 g/mol. The fourth-order valence-electron chi connectivity index (χ4n) is 3.48. The van der Waals surface area contributed by atoms with E-state index in [1.54, 1.807) is 18.5 Å². The van der Waals surface area contributed by atoms with Crippen molar-refractivity contribution in [2.75, 3.05) is 13.1 Å². The fraction of sp³-hybridized carbons (Fsp3) is 0.389. The molecule has 2 heterocycles. The molecule has 1 aromatic carbocycles. The summed E-state index contributed by atoms with van der Waals surface area (Å²) in [6, 6.07) is 7.15. The molecule has 2 aromatic rings. The first kappa shape index (κ1) is 21.9. The van der Waals surface area contributed by atoms with E-state index in [4.69, 9.17) is 0 Å². The molecule has 9 heteroatoms. The second kappa shape index (κ2) is 7.95. The van der Waals surface area contributed by atoms with Crippen LogP contribution in [0.1, 0.15) is 24.5 Å². The summed E-state index contributed by atoms with van der Waals surface area (Å²) in [7, 11) is 0. The number of aromatic nitrogens is 1. The molecular weight excluding hydrogens is 449 g/mol. The Bertz CT molecular complexity index is 779. The van der Waals surface area contributed by atoms with Gasteiger partial charge in [0.05, 0.1) is 0 Å². The van der Waals surface area contributed by atoms with Gasteiger partial charge in [0.1, 0.15) is 11.4 Å². The largest absolute Gasteiger partial charge is 0.573 e. The van der Waals surface area contributed by atoms with E-state index in [9.17, 15) is 18.3 Å². The van der Waals surface area contributed by atoms with Crippen molar-refractivity contribution in [3.8, 4) is 5.75 Å². The van der Waals surface area contributed by atoms with Crippen molar-refractivity contribution in [1.29, 1.82) is 0 Å². The highest BCUT2D eigenvalue weighted by Gasteiger charge is 2.55. The van der Waals surface area contributed by atoms with Gasteiger partial charge in [0.25, 0.3) is 0 Å². The topological polar surface area (TPSA) is 54.4 Å². The second-order valence-corrected chi connectivity index (χ2v) is 7.33. The van der Waals surface area contributed by atoms with E-state index in [2.05, 4.69) is 31.0 Å². The van der Waals surface area contributed by atoms with Gasteiger partial charge in [0, 0.05) is 40.9 Å². The van der Waals surface area contributed by atoms with Crippen molar-refractivity contribution in [3.05, 3.63) is 58.3 Å². The maximum atomic E-state index is 12.4. The maximum absolute atomic E-state index is 12.4. The highest BCUT2D eigenvalue weighted by atomic mass is 79.9. The molecule has 0 radical (unpaired) electrons. The summed E-state index contributed by atoms with van der Waals surface area (Å²) in [5.74, 6) is -0.326. The molecule has 1 fully saturated rings. The van der Waals surface area contributed by atoms with Gasteiger partial charge >= 0.3 is 6.36 Å². The highest BCUT2D eigenvalue weighted by Crippen LogP contribution is 2.50. The van der Waals surface area contributed by atoms with Crippen LogP contribution in [0, 0.1) is 5.41 Å². The fourth-order valence-corrected chi connectivity index (χ4v) is 3.84. The van der Waals surface area contributed by atoms with Crippen LogP contribution in [-0.2, 0) is 5.60 Å². The third-order valence-electron chi connectivity index (χ3n) is 5.00. The summed E-state index contributed by atoms with van der Waals surface area (Å²) in [5.41, 5.74) is -0.808. The van der Waals surface area contributed by atoms with Crippen molar-refractivity contribution in [3.63, 3.8) is 0 Å². The van der Waals surface area contributed by atoms with Crippen LogP contribution in [0.3, 0.4) is 0 Å². The number of ether oxygens (including phenoxy) is 1. The Kier molecular flexibility index (Phi) is 6.46. The van der Waals surface area contributed by atoms with Crippen LogP contribution in [0.2, 0.25) is 0 Å². The predicted molar refractivity (Wildman–Crippen MR) is 101 cm³/mol. The lowest BCUT2D eigenvalue weighted by atomic mass is 9.60. The van der Waals surface area contributed by atoms with Crippen molar-refractivity contribution in [1.82, 2.24) is 10.3 Å². The van der Waals surface area contributed by atoms with Crippen molar-refractivity contribution < 1.29 is 23.0 Å². The van der Waals surface area contributed by atoms with Gasteiger partial charge in [0.15, 0.2) is 0 Å². The molecule has 1 atom stereocenters. The number of aliphatic hydroxyl groups is 1. The lowest BCUT2D eigenvalue weighted by Gasteiger charge is -2.53. The second-order valence-electron chi connectivity index (χ2n) is 6.41. The number of nitrogens with one attached hydrogen (secondary N) is 1. The molecule has 0 saturated carbocycles. The number of benzene rings is 1. The van der Waals surface area contributed by atoms with Crippen molar-refractivity contribution in [2.24, 2.45) is 5.41 Å². The molecule has 27 heavy (non-hydrogen) atoms. The molecule has 2 N–H and O–H groups in total. The van der Waals surface area contributed by atoms with Gasteiger partial charge in [-0.05, 0) is 46.1 Å². The number of hydrogen-bond donors (Lipinski definition) is 2. The minimum Gasteiger partial charge on any atom is -0.406 e. The Morgan fingerprint density at radius 2 is 1.81 bits per heavy atom. The first-order valence-electron chi connectivity index (χ1n) is 8.11. The molecule has 1 saturated heterocycles. The summed E-state index contributed by atoms with van der Waals surface area (Å²) in [6.07, 6.45) is -0.874. The Morgan fingerprint density at radius 3 is 2.26 bits per heavy atom. The zero-order valence-corrected chi connectivity index (χ0v) is 16.8. The molecule has 1 aliphatic rings. The number of nitrogens with zero attached hydrogens (tertiary/aromatic N) is 1. The van der Waals surface area contributed by atoms with E-state index in [-0.39, 0.29) is 18.2 Å². The standard InChI is InChI=1S/C18H18BrF3N2O2.ClH/c1-2-16(10-24-11-16)17(25,13-7-14(19)9-23-8-13)12-3-5-15(6-4-12)26-18(20,21)22;/h3-9,24-25H,2,10-11H2,1H3;1H/t17-;/m1./s1. The number of rotatable bonds is 5. The molecule has 0 bridgehead atoms. The van der Waals surface area contributed by atoms with E-state index < -0.39 is 17.4 Å². The average molecular weight is 468 g/mol. The number of hydrogen-bond acceptors (Lipinski definition) is 4. The summed E-state index contributed by atoms with van der Waals surface area (Å²) >= 11 is 3.37. The third-order valence-corrected chi connectivity index (χ3v) is 5.43. The molecule has 1 aliphatic heterocycles. The first-order valence-corrected chi connectivity index (χ1v) is 8.90. The van der Waals surface area contributed by atoms with Gasteiger partial charge in [-0.1, -0.05) is 19.1 Å². The summed E-state index contributed by atoms with van der Waals surface area (Å²) in [4.78, 5) is 4.15. The molecule has 0 unspecified atom stereocenters. The van der Waals surface area contributed by atoms with Crippen LogP contribution in [0.5, 0.6) is 5.75 Å². The van der Waals surface area contributed by atoms with E-state index >= 15 is 0 Å². The molecule has 4 nitrogen and oxygen atoms in total. The maximum Gasteiger partial charge on any atom is 0.573 e. The van der Waals surface area contributed by atoms with Crippen LogP contribution in [0.4, 0.5) is 13.2 Å². The van der Waals surface area contributed by atoms with Gasteiger partial charge in [0.2, 0.25) is 0 Å². The highest BCUT2D eigenvalue weighted by molar-refractivity contribution is 9.10. The van der Waals surface area contributed by atoms with Gasteiger partial charge in [-0.3, -0.25) is 4.98 Å². The van der Waals surface area contributed by atoms with Crippen LogP contribution < -0.4 is 10.1 Å². The van der Waals surface area contributed by atoms with Crippen LogP contribution in [0.15, 0.2) is 47.2 Å². The smallest absolute Gasteiger partial charge is 0.406 e. The summed E-state index contributed by atoms with van der Waals surface area (Å²) < 4.78 is 41.8. The molecular formula is C18H19BrClF3N2O2. The minimum absolute atomic E-state index is 0. The SMILES string of the molecule is CCC1([C@@](O)(c2ccc(OC(F)(F)F)cc2)c2cncc(Br)c2)CNC1.Cl. The van der Waals surface area contributed by atoms with Crippen LogP contribution >= 0.6 is 28.3 Å². The zero-order chi connectivity index (χ0) is 19.0. The Balaban J connectivity index is 0.00000261. The normalized spacial score (nSPS) is 18.0. The number of halogens is 5. The molecule has 148 valence electrons. The van der Waals surface area contributed by atoms with Gasteiger partial charge in [-0.15, -0.1) is 25.6 Å².